The summed E-state index contributed by atoms with van der Waals surface area (Å²) in [5.74, 6) is 0.980. The number of hydrogen-bond donors (Lipinski definition) is 0. The van der Waals surface area contributed by atoms with Crippen molar-refractivity contribution in [3.63, 3.8) is 0 Å². The highest BCUT2D eigenvalue weighted by Crippen LogP contribution is 2.58. The maximum atomic E-state index is 4.09. The Morgan fingerprint density at radius 2 is 2.20 bits per heavy atom. The molecule has 0 aromatic rings. The largest absolute Gasteiger partial charge is 0.0701 e. The van der Waals surface area contributed by atoms with Crippen LogP contribution in [0, 0.1) is 18.3 Å². The molecule has 0 heteroatoms. The molecule has 0 aromatic heterocycles. The molecule has 1 fully saturated rings. The Morgan fingerprint density at radius 3 is 2.50 bits per heavy atom. The molecule has 0 nitrogen and oxygen atoms in total. The second-order valence-electron chi connectivity index (χ2n) is 4.24. The molecule has 1 radical (unpaired) electrons. The molecule has 3 aliphatic carbocycles. The van der Waals surface area contributed by atoms with Gasteiger partial charge in [-0.1, -0.05) is 25.0 Å². The van der Waals surface area contributed by atoms with Crippen molar-refractivity contribution in [2.24, 2.45) is 11.3 Å². The van der Waals surface area contributed by atoms with E-state index in [1.54, 1.807) is 5.57 Å². The van der Waals surface area contributed by atoms with Crippen LogP contribution >= 0.6 is 0 Å². The Balaban J connectivity index is 2.39. The zero-order chi connectivity index (χ0) is 7.35. The van der Waals surface area contributed by atoms with Crippen molar-refractivity contribution >= 4 is 0 Å². The lowest BCUT2D eigenvalue weighted by atomic mass is 9.52. The van der Waals surface area contributed by atoms with E-state index in [0.717, 1.165) is 5.92 Å². The minimum atomic E-state index is 0.523. The number of hydrogen-bond acceptors (Lipinski definition) is 0. The predicted octanol–water partition coefficient (Wildman–Crippen LogP) is 2.96. The van der Waals surface area contributed by atoms with Crippen LogP contribution in [-0.2, 0) is 0 Å². The van der Waals surface area contributed by atoms with Crippen molar-refractivity contribution < 1.29 is 0 Å². The molecular formula is C10H15. The molecule has 0 heterocycles. The smallest absolute Gasteiger partial charge is 0.0110 e. The van der Waals surface area contributed by atoms with Gasteiger partial charge in [0.2, 0.25) is 0 Å². The van der Waals surface area contributed by atoms with Crippen LogP contribution in [0.25, 0.3) is 0 Å². The Kier molecular flexibility index (Phi) is 1.07. The van der Waals surface area contributed by atoms with Crippen LogP contribution in [-0.4, -0.2) is 0 Å². The molecule has 3 aliphatic rings. The molecule has 3 rings (SSSR count). The summed E-state index contributed by atoms with van der Waals surface area (Å²) in [5, 5.41) is 0. The quantitative estimate of drug-likeness (QED) is 0.479. The zero-order valence-electron chi connectivity index (χ0n) is 6.91. The summed E-state index contributed by atoms with van der Waals surface area (Å²) in [6.45, 7) is 8.82. The summed E-state index contributed by atoms with van der Waals surface area (Å²) in [4.78, 5) is 0. The summed E-state index contributed by atoms with van der Waals surface area (Å²) in [6, 6.07) is 0. The van der Waals surface area contributed by atoms with Crippen molar-refractivity contribution in [1.82, 2.24) is 0 Å². The Morgan fingerprint density at radius 1 is 1.50 bits per heavy atom. The van der Waals surface area contributed by atoms with Gasteiger partial charge in [-0.05, 0) is 37.5 Å². The number of allylic oxidation sites excluding steroid dienone is 2. The van der Waals surface area contributed by atoms with E-state index in [-0.39, 0.29) is 0 Å². The zero-order valence-corrected chi connectivity index (χ0v) is 6.91. The van der Waals surface area contributed by atoms with Crippen LogP contribution in [0.4, 0.5) is 0 Å². The fourth-order valence-electron chi connectivity index (χ4n) is 2.44. The molecule has 1 unspecified atom stereocenters. The van der Waals surface area contributed by atoms with Crippen LogP contribution in [0.3, 0.4) is 0 Å². The molecule has 0 aliphatic heterocycles. The molecule has 0 saturated heterocycles. The van der Waals surface area contributed by atoms with E-state index in [0.29, 0.717) is 5.41 Å². The fourth-order valence-corrected chi connectivity index (χ4v) is 2.44. The summed E-state index contributed by atoms with van der Waals surface area (Å²) in [5.41, 5.74) is 3.62. The molecule has 55 valence electrons. The highest BCUT2D eigenvalue weighted by Gasteiger charge is 2.46. The SMILES string of the molecule is [CH2]C1=C2CC(CC1)C2(C)C. The molecule has 2 bridgehead atoms. The van der Waals surface area contributed by atoms with Gasteiger partial charge < -0.3 is 0 Å². The maximum Gasteiger partial charge on any atom is -0.0110 e. The lowest BCUT2D eigenvalue weighted by Gasteiger charge is -2.52. The van der Waals surface area contributed by atoms with Gasteiger partial charge in [0.25, 0.3) is 0 Å². The summed E-state index contributed by atoms with van der Waals surface area (Å²) >= 11 is 0. The Labute approximate surface area is 63.3 Å². The van der Waals surface area contributed by atoms with Gasteiger partial charge in [-0.3, -0.25) is 0 Å². The second-order valence-corrected chi connectivity index (χ2v) is 4.24. The van der Waals surface area contributed by atoms with Gasteiger partial charge in [-0.25, -0.2) is 0 Å². The standard InChI is InChI=1S/C10H15/c1-7-4-5-8-6-9(7)10(8,2)3/h8H,1,4-6H2,2-3H3. The monoisotopic (exact) mass is 135 g/mol. The van der Waals surface area contributed by atoms with Crippen molar-refractivity contribution in [3.05, 3.63) is 18.1 Å². The van der Waals surface area contributed by atoms with Crippen LogP contribution in [0.1, 0.15) is 33.1 Å². The van der Waals surface area contributed by atoms with Crippen molar-refractivity contribution in [2.45, 2.75) is 33.1 Å². The highest BCUT2D eigenvalue weighted by molar-refractivity contribution is 5.35. The molecule has 0 spiro atoms. The van der Waals surface area contributed by atoms with Crippen LogP contribution in [0.15, 0.2) is 11.1 Å². The maximum absolute atomic E-state index is 4.09. The molecule has 0 aromatic carbocycles. The second kappa shape index (κ2) is 1.66. The Bertz CT molecular complexity index is 196. The number of rotatable bonds is 0. The van der Waals surface area contributed by atoms with Crippen molar-refractivity contribution in [2.75, 3.05) is 0 Å². The molecule has 1 atom stereocenters. The highest BCUT2D eigenvalue weighted by atomic mass is 14.5. The first-order valence-corrected chi connectivity index (χ1v) is 4.17. The van der Waals surface area contributed by atoms with Gasteiger partial charge in [0.15, 0.2) is 0 Å². The minimum Gasteiger partial charge on any atom is -0.0701 e. The third-order valence-electron chi connectivity index (χ3n) is 3.47. The first-order chi connectivity index (χ1) is 4.62. The third kappa shape index (κ3) is 0.574. The lowest BCUT2D eigenvalue weighted by molar-refractivity contribution is 0.135. The van der Waals surface area contributed by atoms with E-state index >= 15 is 0 Å². The fraction of sp³-hybridized carbons (Fsp3) is 0.700. The topological polar surface area (TPSA) is 0 Å². The average molecular weight is 135 g/mol. The molecule has 10 heavy (non-hydrogen) atoms. The van der Waals surface area contributed by atoms with Crippen LogP contribution < -0.4 is 0 Å². The van der Waals surface area contributed by atoms with E-state index in [1.165, 1.54) is 24.8 Å². The van der Waals surface area contributed by atoms with E-state index in [4.69, 9.17) is 0 Å². The van der Waals surface area contributed by atoms with E-state index < -0.39 is 0 Å². The molecule has 0 N–H and O–H groups in total. The molecular weight excluding hydrogens is 120 g/mol. The summed E-state index contributed by atoms with van der Waals surface area (Å²) in [6.07, 6.45) is 4.00. The Hall–Kier alpha value is -0.260. The van der Waals surface area contributed by atoms with Crippen molar-refractivity contribution in [3.8, 4) is 0 Å². The summed E-state index contributed by atoms with van der Waals surface area (Å²) < 4.78 is 0. The van der Waals surface area contributed by atoms with E-state index in [2.05, 4.69) is 20.8 Å². The molecule has 0 amide bonds. The van der Waals surface area contributed by atoms with Crippen LogP contribution in [0.2, 0.25) is 0 Å². The normalized spacial score (nSPS) is 35.7. The predicted molar refractivity (Wildman–Crippen MR) is 43.5 cm³/mol. The average Bonchev–Trinajstić information content (AvgIpc) is 1.87. The number of fused-ring (bicyclic) bond motifs is 2. The van der Waals surface area contributed by atoms with Crippen LogP contribution in [0.5, 0.6) is 0 Å². The van der Waals surface area contributed by atoms with Crippen molar-refractivity contribution in [1.29, 1.82) is 0 Å². The minimum absolute atomic E-state index is 0.523. The first kappa shape index (κ1) is 6.45. The third-order valence-corrected chi connectivity index (χ3v) is 3.47. The molecule has 1 saturated carbocycles. The summed E-state index contributed by atoms with van der Waals surface area (Å²) in [7, 11) is 0. The van der Waals surface area contributed by atoms with E-state index in [1.807, 2.05) is 0 Å². The lowest BCUT2D eigenvalue weighted by Crippen LogP contribution is -2.41. The van der Waals surface area contributed by atoms with E-state index in [9.17, 15) is 0 Å². The first-order valence-electron chi connectivity index (χ1n) is 4.17. The van der Waals surface area contributed by atoms with Gasteiger partial charge in [-0.15, -0.1) is 0 Å². The van der Waals surface area contributed by atoms with Gasteiger partial charge in [0.05, 0.1) is 0 Å². The van der Waals surface area contributed by atoms with Gasteiger partial charge in [0.1, 0.15) is 0 Å². The van der Waals surface area contributed by atoms with Gasteiger partial charge in [-0.2, -0.15) is 0 Å². The van der Waals surface area contributed by atoms with Gasteiger partial charge in [0, 0.05) is 0 Å². The van der Waals surface area contributed by atoms with Gasteiger partial charge >= 0.3 is 0 Å².